The molecule has 0 fully saturated rings. The quantitative estimate of drug-likeness (QED) is 0.556. The molecule has 24 heavy (non-hydrogen) atoms. The smallest absolute Gasteiger partial charge is 0.149 e. The lowest BCUT2D eigenvalue weighted by molar-refractivity contribution is 0.592. The third-order valence-corrected chi connectivity index (χ3v) is 3.68. The summed E-state index contributed by atoms with van der Waals surface area (Å²) in [4.78, 5) is 0. The second-order valence-electron chi connectivity index (χ2n) is 5.30. The number of hydrogen-bond donors (Lipinski definition) is 1. The topological polar surface area (TPSA) is 26.0 Å². The first-order chi connectivity index (χ1) is 11.5. The van der Waals surface area contributed by atoms with Crippen molar-refractivity contribution >= 4 is 5.69 Å². The number of halogens is 2. The van der Waals surface area contributed by atoms with Crippen LogP contribution in [0.5, 0.6) is 0 Å². The fraction of sp³-hybridized carbons (Fsp3) is 0.143. The third-order valence-electron chi connectivity index (χ3n) is 3.68. The maximum absolute atomic E-state index is 13.5. The summed E-state index contributed by atoms with van der Waals surface area (Å²) < 4.78 is 27.1. The third kappa shape index (κ3) is 3.80. The zero-order valence-corrected chi connectivity index (χ0v) is 14.1. The first-order valence-electron chi connectivity index (χ1n) is 7.96. The summed E-state index contributed by atoms with van der Waals surface area (Å²) in [6.07, 6.45) is 0. The second kappa shape index (κ2) is 7.73. The molecule has 2 N–H and O–H groups in total. The van der Waals surface area contributed by atoms with E-state index < -0.39 is 17.3 Å². The van der Waals surface area contributed by atoms with E-state index in [2.05, 4.69) is 0 Å². The minimum atomic E-state index is -0.738. The average molecular weight is 325 g/mol. The SMILES string of the molecule is CC.Cc1ccc(-c2ccc(-c3cc(F)c(N)c(F)c3)cc2)cc1. The van der Waals surface area contributed by atoms with Crippen LogP contribution in [-0.4, -0.2) is 0 Å². The summed E-state index contributed by atoms with van der Waals surface area (Å²) in [7, 11) is 0. The van der Waals surface area contributed by atoms with E-state index in [1.165, 1.54) is 17.7 Å². The van der Waals surface area contributed by atoms with Gasteiger partial charge < -0.3 is 5.73 Å². The number of aryl methyl sites for hydroxylation is 1. The Morgan fingerprint density at radius 2 is 0.958 bits per heavy atom. The minimum Gasteiger partial charge on any atom is -0.394 e. The Bertz CT molecular complexity index is 783. The molecule has 124 valence electrons. The molecule has 0 aliphatic carbocycles. The number of hydrogen-bond acceptors (Lipinski definition) is 1. The van der Waals surface area contributed by atoms with Gasteiger partial charge >= 0.3 is 0 Å². The van der Waals surface area contributed by atoms with Crippen molar-refractivity contribution in [2.24, 2.45) is 0 Å². The first kappa shape index (κ1) is 17.7. The second-order valence-corrected chi connectivity index (χ2v) is 5.30. The van der Waals surface area contributed by atoms with Gasteiger partial charge in [0.05, 0.1) is 0 Å². The van der Waals surface area contributed by atoms with Crippen molar-refractivity contribution in [3.05, 3.63) is 77.9 Å². The molecule has 0 heterocycles. The molecule has 0 aliphatic rings. The van der Waals surface area contributed by atoms with E-state index in [-0.39, 0.29) is 0 Å². The van der Waals surface area contributed by atoms with Crippen molar-refractivity contribution in [2.75, 3.05) is 5.73 Å². The van der Waals surface area contributed by atoms with E-state index in [0.717, 1.165) is 16.7 Å². The van der Waals surface area contributed by atoms with Gasteiger partial charge in [-0.15, -0.1) is 0 Å². The van der Waals surface area contributed by atoms with Gasteiger partial charge in [0.1, 0.15) is 17.3 Å². The molecule has 0 aromatic heterocycles. The molecule has 0 unspecified atom stereocenters. The van der Waals surface area contributed by atoms with E-state index in [9.17, 15) is 8.78 Å². The molecule has 3 rings (SSSR count). The minimum absolute atomic E-state index is 0.444. The highest BCUT2D eigenvalue weighted by molar-refractivity contribution is 5.71. The van der Waals surface area contributed by atoms with Crippen LogP contribution in [-0.2, 0) is 0 Å². The van der Waals surface area contributed by atoms with Crippen molar-refractivity contribution in [3.63, 3.8) is 0 Å². The molecule has 0 saturated carbocycles. The van der Waals surface area contributed by atoms with Gasteiger partial charge in [0, 0.05) is 0 Å². The number of anilines is 1. The van der Waals surface area contributed by atoms with Gasteiger partial charge in [0.15, 0.2) is 0 Å². The van der Waals surface area contributed by atoms with Crippen LogP contribution in [0.15, 0.2) is 60.7 Å². The van der Waals surface area contributed by atoms with E-state index in [4.69, 9.17) is 5.73 Å². The standard InChI is InChI=1S/C19H15F2N.C2H6/c1-12-2-4-13(5-3-12)14-6-8-15(9-7-14)16-10-17(20)19(22)18(21)11-16;1-2/h2-11H,22H2,1H3;1-2H3. The van der Waals surface area contributed by atoms with Gasteiger partial charge in [-0.2, -0.15) is 0 Å². The van der Waals surface area contributed by atoms with Crippen molar-refractivity contribution in [3.8, 4) is 22.3 Å². The van der Waals surface area contributed by atoms with Crippen molar-refractivity contribution < 1.29 is 8.78 Å². The molecule has 0 bridgehead atoms. The lowest BCUT2D eigenvalue weighted by atomic mass is 9.99. The molecular weight excluding hydrogens is 304 g/mol. The maximum Gasteiger partial charge on any atom is 0.149 e. The highest BCUT2D eigenvalue weighted by Gasteiger charge is 2.09. The average Bonchev–Trinajstić information content (AvgIpc) is 2.62. The number of nitrogen functional groups attached to an aromatic ring is 1. The van der Waals surface area contributed by atoms with Gasteiger partial charge in [-0.1, -0.05) is 67.9 Å². The van der Waals surface area contributed by atoms with Gasteiger partial charge in [-0.05, 0) is 41.3 Å². The molecule has 0 radical (unpaired) electrons. The first-order valence-corrected chi connectivity index (χ1v) is 7.96. The van der Waals surface area contributed by atoms with Gasteiger partial charge in [0.2, 0.25) is 0 Å². The fourth-order valence-corrected chi connectivity index (χ4v) is 2.35. The van der Waals surface area contributed by atoms with Crippen LogP contribution in [0.3, 0.4) is 0 Å². The summed E-state index contributed by atoms with van der Waals surface area (Å²) in [6, 6.07) is 18.3. The molecule has 0 amide bonds. The monoisotopic (exact) mass is 325 g/mol. The number of rotatable bonds is 2. The van der Waals surface area contributed by atoms with Crippen molar-refractivity contribution in [1.82, 2.24) is 0 Å². The number of benzene rings is 3. The normalized spacial score (nSPS) is 10.0. The Labute approximate surface area is 141 Å². The highest BCUT2D eigenvalue weighted by atomic mass is 19.1. The van der Waals surface area contributed by atoms with E-state index in [1.54, 1.807) is 0 Å². The summed E-state index contributed by atoms with van der Waals surface area (Å²) >= 11 is 0. The van der Waals surface area contributed by atoms with Gasteiger partial charge in [-0.3, -0.25) is 0 Å². The highest BCUT2D eigenvalue weighted by Crippen LogP contribution is 2.28. The van der Waals surface area contributed by atoms with E-state index in [0.29, 0.717) is 5.56 Å². The van der Waals surface area contributed by atoms with Crippen molar-refractivity contribution in [1.29, 1.82) is 0 Å². The summed E-state index contributed by atoms with van der Waals surface area (Å²) in [6.45, 7) is 6.04. The van der Waals surface area contributed by atoms with Crippen molar-refractivity contribution in [2.45, 2.75) is 20.8 Å². The van der Waals surface area contributed by atoms with Crippen LogP contribution in [0.2, 0.25) is 0 Å². The molecule has 3 aromatic carbocycles. The molecule has 3 heteroatoms. The molecule has 0 aliphatic heterocycles. The molecular formula is C21H21F2N. The maximum atomic E-state index is 13.5. The van der Waals surface area contributed by atoms with Crippen LogP contribution in [0.1, 0.15) is 19.4 Å². The molecule has 0 spiro atoms. The predicted octanol–water partition coefficient (Wildman–Crippen LogP) is 6.22. The van der Waals surface area contributed by atoms with Gasteiger partial charge in [0.25, 0.3) is 0 Å². The molecule has 3 aromatic rings. The predicted molar refractivity (Wildman–Crippen MR) is 97.7 cm³/mol. The van der Waals surface area contributed by atoms with Crippen LogP contribution in [0.4, 0.5) is 14.5 Å². The Hall–Kier alpha value is -2.68. The number of nitrogens with two attached hydrogens (primary N) is 1. The summed E-state index contributed by atoms with van der Waals surface area (Å²) in [5.41, 5.74) is 9.42. The van der Waals surface area contributed by atoms with Crippen LogP contribution >= 0.6 is 0 Å². The van der Waals surface area contributed by atoms with Gasteiger partial charge in [-0.25, -0.2) is 8.78 Å². The molecule has 0 atom stereocenters. The Balaban J connectivity index is 0.00000100. The van der Waals surface area contributed by atoms with Crippen LogP contribution in [0, 0.1) is 18.6 Å². The zero-order chi connectivity index (χ0) is 17.7. The Kier molecular flexibility index (Phi) is 5.69. The largest absolute Gasteiger partial charge is 0.394 e. The van der Waals surface area contributed by atoms with E-state index >= 15 is 0 Å². The summed E-state index contributed by atoms with van der Waals surface area (Å²) in [5.74, 6) is -1.48. The molecule has 1 nitrogen and oxygen atoms in total. The molecule has 0 saturated heterocycles. The zero-order valence-electron chi connectivity index (χ0n) is 14.1. The summed E-state index contributed by atoms with van der Waals surface area (Å²) in [5, 5.41) is 0. The lowest BCUT2D eigenvalue weighted by Gasteiger charge is -2.07. The van der Waals surface area contributed by atoms with Crippen LogP contribution in [0.25, 0.3) is 22.3 Å². The Morgan fingerprint density at radius 3 is 1.38 bits per heavy atom. The van der Waals surface area contributed by atoms with Crippen LogP contribution < -0.4 is 5.73 Å². The van der Waals surface area contributed by atoms with E-state index in [1.807, 2.05) is 69.3 Å². The lowest BCUT2D eigenvalue weighted by Crippen LogP contribution is -1.96. The fourth-order valence-electron chi connectivity index (χ4n) is 2.35. The Morgan fingerprint density at radius 1 is 0.625 bits per heavy atom.